The van der Waals surface area contributed by atoms with Crippen LogP contribution in [0.3, 0.4) is 0 Å². The molecule has 0 aliphatic rings. The van der Waals surface area contributed by atoms with E-state index in [2.05, 4.69) is 0 Å². The Morgan fingerprint density at radius 2 is 1.93 bits per heavy atom. The van der Waals surface area contributed by atoms with Gasteiger partial charge in [-0.25, -0.2) is 8.42 Å². The highest BCUT2D eigenvalue weighted by Crippen LogP contribution is 2.16. The van der Waals surface area contributed by atoms with E-state index in [9.17, 15) is 8.42 Å². The molecule has 72 valence electrons. The normalized spacial score (nSPS) is 12.1. The van der Waals surface area contributed by atoms with E-state index in [-0.39, 0.29) is 4.90 Å². The maximum absolute atomic E-state index is 11.6. The molecule has 0 amide bonds. The van der Waals surface area contributed by atoms with Crippen LogP contribution in [0.15, 0.2) is 46.3 Å². The van der Waals surface area contributed by atoms with Gasteiger partial charge in [-0.3, -0.25) is 0 Å². The van der Waals surface area contributed by atoms with Crippen LogP contribution in [-0.2, 0) is 9.84 Å². The fourth-order valence-corrected chi connectivity index (χ4v) is 1.98. The monoisotopic (exact) mass is 208 g/mol. The summed E-state index contributed by atoms with van der Waals surface area (Å²) in [5.74, 6) is 0. The lowest BCUT2D eigenvalue weighted by atomic mass is 10.4. The van der Waals surface area contributed by atoms with Gasteiger partial charge in [0, 0.05) is 6.20 Å². The third kappa shape index (κ3) is 1.75. The molecule has 0 bridgehead atoms. The molecule has 1 aromatic carbocycles. The maximum Gasteiger partial charge on any atom is 0.218 e. The largest absolute Gasteiger partial charge is 0.403 e. The highest BCUT2D eigenvalue weighted by atomic mass is 32.2. The molecular weight excluding hydrogens is 200 g/mol. The number of sulfone groups is 1. The summed E-state index contributed by atoms with van der Waals surface area (Å²) in [6.07, 6.45) is 0.794. The number of nitrogens with two attached hydrogens (primary N) is 1. The van der Waals surface area contributed by atoms with Crippen molar-refractivity contribution in [2.45, 2.75) is 4.90 Å². The molecule has 0 aliphatic carbocycles. The lowest BCUT2D eigenvalue weighted by Gasteiger charge is -2.00. The van der Waals surface area contributed by atoms with Gasteiger partial charge in [-0.05, 0) is 12.1 Å². The Balaban J connectivity index is 3.32. The summed E-state index contributed by atoms with van der Waals surface area (Å²) >= 11 is 0. The zero-order chi connectivity index (χ0) is 10.6. The van der Waals surface area contributed by atoms with E-state index in [0.29, 0.717) is 0 Å². The summed E-state index contributed by atoms with van der Waals surface area (Å²) in [6.45, 7) is 0. The van der Waals surface area contributed by atoms with Crippen LogP contribution in [0.4, 0.5) is 0 Å². The van der Waals surface area contributed by atoms with Crippen LogP contribution in [0.2, 0.25) is 0 Å². The predicted octanol–water partition coefficient (Wildman–Crippen LogP) is 0.784. The smallest absolute Gasteiger partial charge is 0.218 e. The van der Waals surface area contributed by atoms with Gasteiger partial charge in [0.05, 0.1) is 4.90 Å². The maximum atomic E-state index is 11.6. The number of nitriles is 1. The van der Waals surface area contributed by atoms with Crippen LogP contribution in [0.5, 0.6) is 0 Å². The summed E-state index contributed by atoms with van der Waals surface area (Å²) in [4.78, 5) is -0.373. The second kappa shape index (κ2) is 3.94. The van der Waals surface area contributed by atoms with Gasteiger partial charge >= 0.3 is 0 Å². The Kier molecular flexibility index (Phi) is 2.89. The highest BCUT2D eigenvalue weighted by Gasteiger charge is 2.19. The SMILES string of the molecule is N#C/C(=C/N)S(=O)(=O)c1ccccc1. The van der Waals surface area contributed by atoms with E-state index in [1.165, 1.54) is 18.2 Å². The Morgan fingerprint density at radius 1 is 1.36 bits per heavy atom. The fourth-order valence-electron chi connectivity index (χ4n) is 0.914. The molecule has 0 saturated heterocycles. The fraction of sp³-hybridized carbons (Fsp3) is 0. The molecule has 4 nitrogen and oxygen atoms in total. The predicted molar refractivity (Wildman–Crippen MR) is 51.5 cm³/mol. The molecule has 0 spiro atoms. The minimum atomic E-state index is -3.73. The van der Waals surface area contributed by atoms with E-state index in [0.717, 1.165) is 6.20 Å². The van der Waals surface area contributed by atoms with Gasteiger partial charge in [-0.2, -0.15) is 5.26 Å². The Morgan fingerprint density at radius 3 is 2.36 bits per heavy atom. The molecule has 0 atom stereocenters. The highest BCUT2D eigenvalue weighted by molar-refractivity contribution is 7.95. The first-order valence-electron chi connectivity index (χ1n) is 3.75. The van der Waals surface area contributed by atoms with Crippen LogP contribution in [-0.4, -0.2) is 8.42 Å². The average Bonchev–Trinajstić information content (AvgIpc) is 2.20. The zero-order valence-corrected chi connectivity index (χ0v) is 8.03. The van der Waals surface area contributed by atoms with Gasteiger partial charge in [0.25, 0.3) is 0 Å². The van der Waals surface area contributed by atoms with Gasteiger partial charge in [0.2, 0.25) is 9.84 Å². The molecule has 2 N–H and O–H groups in total. The molecule has 0 radical (unpaired) electrons. The minimum absolute atomic E-state index is 0.0678. The topological polar surface area (TPSA) is 83.9 Å². The number of allylic oxidation sites excluding steroid dienone is 1. The first-order chi connectivity index (χ1) is 6.62. The molecule has 1 aromatic rings. The van der Waals surface area contributed by atoms with Crippen molar-refractivity contribution in [3.8, 4) is 6.07 Å². The van der Waals surface area contributed by atoms with Crippen LogP contribution < -0.4 is 5.73 Å². The van der Waals surface area contributed by atoms with Crippen molar-refractivity contribution in [2.24, 2.45) is 5.73 Å². The molecule has 0 aromatic heterocycles. The van der Waals surface area contributed by atoms with Crippen LogP contribution in [0, 0.1) is 11.3 Å². The van der Waals surface area contributed by atoms with E-state index in [1.54, 1.807) is 18.2 Å². The van der Waals surface area contributed by atoms with Crippen molar-refractivity contribution < 1.29 is 8.42 Å². The molecular formula is C9H8N2O2S. The van der Waals surface area contributed by atoms with Crippen LogP contribution >= 0.6 is 0 Å². The molecule has 14 heavy (non-hydrogen) atoms. The second-order valence-corrected chi connectivity index (χ2v) is 4.38. The Labute approximate surface area is 82.2 Å². The molecule has 0 aliphatic heterocycles. The van der Waals surface area contributed by atoms with E-state index < -0.39 is 14.7 Å². The lowest BCUT2D eigenvalue weighted by Crippen LogP contribution is -2.05. The third-order valence-electron chi connectivity index (χ3n) is 1.60. The number of hydrogen-bond acceptors (Lipinski definition) is 4. The van der Waals surface area contributed by atoms with Crippen molar-refractivity contribution in [3.63, 3.8) is 0 Å². The summed E-state index contributed by atoms with van der Waals surface area (Å²) in [5.41, 5.74) is 5.04. The van der Waals surface area contributed by atoms with E-state index in [4.69, 9.17) is 11.0 Å². The number of benzene rings is 1. The summed E-state index contributed by atoms with van der Waals surface area (Å²) in [6, 6.07) is 9.22. The second-order valence-electron chi connectivity index (χ2n) is 2.46. The molecule has 5 heteroatoms. The molecule has 0 unspecified atom stereocenters. The molecule has 0 saturated carbocycles. The van der Waals surface area contributed by atoms with Crippen molar-refractivity contribution in [3.05, 3.63) is 41.4 Å². The first kappa shape index (κ1) is 10.3. The van der Waals surface area contributed by atoms with Crippen molar-refractivity contribution in [1.29, 1.82) is 5.26 Å². The Bertz CT molecular complexity index is 483. The summed E-state index contributed by atoms with van der Waals surface area (Å²) < 4.78 is 23.2. The third-order valence-corrected chi connectivity index (χ3v) is 3.30. The number of nitrogens with zero attached hydrogens (tertiary/aromatic N) is 1. The van der Waals surface area contributed by atoms with Crippen molar-refractivity contribution >= 4 is 9.84 Å². The van der Waals surface area contributed by atoms with Crippen molar-refractivity contribution in [1.82, 2.24) is 0 Å². The van der Waals surface area contributed by atoms with Crippen molar-refractivity contribution in [2.75, 3.05) is 0 Å². The first-order valence-corrected chi connectivity index (χ1v) is 5.23. The molecule has 1 rings (SSSR count). The minimum Gasteiger partial charge on any atom is -0.403 e. The molecule has 0 heterocycles. The van der Waals surface area contributed by atoms with Gasteiger partial charge in [-0.15, -0.1) is 0 Å². The van der Waals surface area contributed by atoms with E-state index >= 15 is 0 Å². The van der Waals surface area contributed by atoms with Gasteiger partial charge in [-0.1, -0.05) is 18.2 Å². The van der Waals surface area contributed by atoms with E-state index in [1.807, 2.05) is 0 Å². The summed E-state index contributed by atoms with van der Waals surface area (Å²) in [7, 11) is -3.73. The lowest BCUT2D eigenvalue weighted by molar-refractivity contribution is 0.603. The summed E-state index contributed by atoms with van der Waals surface area (Å²) in [5, 5.41) is 8.55. The Hall–Kier alpha value is -1.80. The molecule has 0 fully saturated rings. The zero-order valence-electron chi connectivity index (χ0n) is 7.21. The standard InChI is InChI=1S/C9H8N2O2S/c10-6-9(7-11)14(12,13)8-4-2-1-3-5-8/h1-6H,10H2/b9-6-. The van der Waals surface area contributed by atoms with Gasteiger partial charge < -0.3 is 5.73 Å². The number of rotatable bonds is 2. The van der Waals surface area contributed by atoms with Crippen LogP contribution in [0.25, 0.3) is 0 Å². The quantitative estimate of drug-likeness (QED) is 0.728. The van der Waals surface area contributed by atoms with Crippen LogP contribution in [0.1, 0.15) is 0 Å². The average molecular weight is 208 g/mol. The number of hydrogen-bond donors (Lipinski definition) is 1. The van der Waals surface area contributed by atoms with Gasteiger partial charge in [0.15, 0.2) is 4.91 Å². The van der Waals surface area contributed by atoms with Gasteiger partial charge in [0.1, 0.15) is 6.07 Å².